The molecule has 0 saturated carbocycles. The van der Waals surface area contributed by atoms with Crippen molar-refractivity contribution in [2.24, 2.45) is 0 Å². The van der Waals surface area contributed by atoms with Crippen LogP contribution in [0.25, 0.3) is 5.69 Å². The van der Waals surface area contributed by atoms with Crippen LogP contribution in [0.3, 0.4) is 0 Å². The van der Waals surface area contributed by atoms with Crippen LogP contribution >= 0.6 is 0 Å². The van der Waals surface area contributed by atoms with Crippen molar-refractivity contribution in [2.45, 2.75) is 6.92 Å². The van der Waals surface area contributed by atoms with Crippen LogP contribution < -0.4 is 10.6 Å². The molecule has 25 heavy (non-hydrogen) atoms. The number of nitrogens with zero attached hydrogens (tertiary/aromatic N) is 4. The molecule has 1 heterocycles. The molecule has 8 nitrogen and oxygen atoms in total. The first kappa shape index (κ1) is 16.3. The van der Waals surface area contributed by atoms with Crippen molar-refractivity contribution in [3.8, 4) is 5.69 Å². The van der Waals surface area contributed by atoms with E-state index >= 15 is 0 Å². The maximum absolute atomic E-state index is 12.4. The van der Waals surface area contributed by atoms with Crippen molar-refractivity contribution in [3.05, 3.63) is 66.0 Å². The Hall–Kier alpha value is -3.55. The summed E-state index contributed by atoms with van der Waals surface area (Å²) in [6.45, 7) is 2.39. The highest BCUT2D eigenvalue weighted by Crippen LogP contribution is 2.14. The Bertz CT molecular complexity index is 874. The first-order valence-electron chi connectivity index (χ1n) is 7.70. The highest BCUT2D eigenvalue weighted by molar-refractivity contribution is 6.05. The lowest BCUT2D eigenvalue weighted by atomic mass is 10.1. The summed E-state index contributed by atoms with van der Waals surface area (Å²) < 4.78 is 1.50. The van der Waals surface area contributed by atoms with Gasteiger partial charge in [0.25, 0.3) is 11.8 Å². The van der Waals surface area contributed by atoms with Crippen LogP contribution in [0.5, 0.6) is 0 Å². The average Bonchev–Trinajstić information content (AvgIpc) is 3.17. The largest absolute Gasteiger partial charge is 0.352 e. The summed E-state index contributed by atoms with van der Waals surface area (Å²) in [7, 11) is 0. The first-order valence-corrected chi connectivity index (χ1v) is 7.70. The van der Waals surface area contributed by atoms with E-state index in [1.54, 1.807) is 48.5 Å². The van der Waals surface area contributed by atoms with Gasteiger partial charge in [-0.05, 0) is 59.8 Å². The number of hydrogen-bond acceptors (Lipinski definition) is 5. The zero-order valence-electron chi connectivity index (χ0n) is 13.5. The van der Waals surface area contributed by atoms with Gasteiger partial charge in [0, 0.05) is 23.4 Å². The van der Waals surface area contributed by atoms with E-state index < -0.39 is 0 Å². The summed E-state index contributed by atoms with van der Waals surface area (Å²) in [4.78, 5) is 24.2. The molecule has 0 fully saturated rings. The molecular weight excluding hydrogens is 320 g/mol. The molecule has 0 aliphatic heterocycles. The lowest BCUT2D eigenvalue weighted by Crippen LogP contribution is -2.22. The summed E-state index contributed by atoms with van der Waals surface area (Å²) in [6, 6.07) is 13.6. The minimum absolute atomic E-state index is 0.176. The molecule has 2 amide bonds. The number of hydrogen-bond donors (Lipinski definition) is 2. The van der Waals surface area contributed by atoms with Gasteiger partial charge in [-0.3, -0.25) is 9.59 Å². The molecule has 0 atom stereocenters. The molecule has 3 aromatic rings. The fourth-order valence-corrected chi connectivity index (χ4v) is 2.25. The minimum Gasteiger partial charge on any atom is -0.352 e. The predicted octanol–water partition coefficient (Wildman–Crippen LogP) is 1.66. The van der Waals surface area contributed by atoms with Gasteiger partial charge in [0.15, 0.2) is 0 Å². The van der Waals surface area contributed by atoms with Crippen LogP contribution in [-0.4, -0.2) is 38.6 Å². The van der Waals surface area contributed by atoms with Gasteiger partial charge in [-0.25, -0.2) is 4.68 Å². The summed E-state index contributed by atoms with van der Waals surface area (Å²) in [5, 5.41) is 16.4. The smallest absolute Gasteiger partial charge is 0.255 e. The number of carbonyl (C=O) groups is 2. The van der Waals surface area contributed by atoms with Crippen molar-refractivity contribution in [3.63, 3.8) is 0 Å². The third-order valence-corrected chi connectivity index (χ3v) is 3.46. The van der Waals surface area contributed by atoms with Gasteiger partial charge >= 0.3 is 0 Å². The number of aromatic nitrogens is 4. The second-order valence-corrected chi connectivity index (χ2v) is 5.20. The van der Waals surface area contributed by atoms with Crippen molar-refractivity contribution < 1.29 is 9.59 Å². The van der Waals surface area contributed by atoms with Crippen LogP contribution in [0.1, 0.15) is 27.6 Å². The summed E-state index contributed by atoms with van der Waals surface area (Å²) in [5.41, 5.74) is 2.28. The van der Waals surface area contributed by atoms with Crippen LogP contribution in [0.15, 0.2) is 54.9 Å². The second kappa shape index (κ2) is 7.35. The first-order chi connectivity index (χ1) is 12.2. The van der Waals surface area contributed by atoms with E-state index in [0.717, 1.165) is 5.69 Å². The minimum atomic E-state index is -0.267. The van der Waals surface area contributed by atoms with Crippen LogP contribution in [-0.2, 0) is 0 Å². The Morgan fingerprint density at radius 1 is 1.04 bits per heavy atom. The third-order valence-electron chi connectivity index (χ3n) is 3.46. The lowest BCUT2D eigenvalue weighted by Gasteiger charge is -2.08. The van der Waals surface area contributed by atoms with Crippen molar-refractivity contribution >= 4 is 17.5 Å². The molecule has 0 saturated heterocycles. The average molecular weight is 336 g/mol. The van der Waals surface area contributed by atoms with Gasteiger partial charge in [-0.15, -0.1) is 5.10 Å². The molecular formula is C17H16N6O2. The molecule has 0 aliphatic carbocycles. The molecule has 0 bridgehead atoms. The van der Waals surface area contributed by atoms with Gasteiger partial charge in [-0.2, -0.15) is 0 Å². The Kier molecular flexibility index (Phi) is 4.79. The van der Waals surface area contributed by atoms with Gasteiger partial charge < -0.3 is 10.6 Å². The standard InChI is InChI=1S/C17H16N6O2/c1-2-18-16(24)13-4-3-5-14(10-13)20-17(25)12-6-8-15(9-7-12)23-11-19-21-22-23/h3-11H,2H2,1H3,(H,18,24)(H,20,25). The molecule has 2 aromatic carbocycles. The monoisotopic (exact) mass is 336 g/mol. The van der Waals surface area contributed by atoms with Crippen molar-refractivity contribution in [1.82, 2.24) is 25.5 Å². The maximum atomic E-state index is 12.4. The fourth-order valence-electron chi connectivity index (χ4n) is 2.25. The highest BCUT2D eigenvalue weighted by atomic mass is 16.2. The van der Waals surface area contributed by atoms with Crippen LogP contribution in [0, 0.1) is 0 Å². The summed E-state index contributed by atoms with van der Waals surface area (Å²) in [6.07, 6.45) is 1.47. The van der Waals surface area contributed by atoms with Gasteiger partial charge in [0.2, 0.25) is 0 Å². The number of anilines is 1. The predicted molar refractivity (Wildman–Crippen MR) is 91.6 cm³/mol. The molecule has 0 spiro atoms. The lowest BCUT2D eigenvalue weighted by molar-refractivity contribution is 0.0954. The van der Waals surface area contributed by atoms with Crippen LogP contribution in [0.4, 0.5) is 5.69 Å². The van der Waals surface area contributed by atoms with E-state index in [1.807, 2.05) is 6.92 Å². The number of tetrazole rings is 1. The van der Waals surface area contributed by atoms with E-state index in [9.17, 15) is 9.59 Å². The molecule has 3 rings (SSSR count). The number of rotatable bonds is 5. The van der Waals surface area contributed by atoms with E-state index in [-0.39, 0.29) is 11.8 Å². The number of nitrogens with one attached hydrogen (secondary N) is 2. The zero-order valence-corrected chi connectivity index (χ0v) is 13.5. The molecule has 8 heteroatoms. The van der Waals surface area contributed by atoms with Gasteiger partial charge in [0.1, 0.15) is 6.33 Å². The Labute approximate surface area is 143 Å². The van der Waals surface area contributed by atoms with Gasteiger partial charge in [-0.1, -0.05) is 6.07 Å². The topological polar surface area (TPSA) is 102 Å². The van der Waals surface area contributed by atoms with E-state index in [2.05, 4.69) is 26.2 Å². The normalized spacial score (nSPS) is 10.3. The van der Waals surface area contributed by atoms with Crippen molar-refractivity contribution in [2.75, 3.05) is 11.9 Å². The van der Waals surface area contributed by atoms with E-state index in [4.69, 9.17) is 0 Å². The quantitative estimate of drug-likeness (QED) is 0.738. The molecule has 0 aliphatic rings. The van der Waals surface area contributed by atoms with E-state index in [1.165, 1.54) is 11.0 Å². The Balaban J connectivity index is 1.72. The third kappa shape index (κ3) is 3.86. The maximum Gasteiger partial charge on any atom is 0.255 e. The van der Waals surface area contributed by atoms with Crippen molar-refractivity contribution in [1.29, 1.82) is 0 Å². The Morgan fingerprint density at radius 3 is 2.52 bits per heavy atom. The van der Waals surface area contributed by atoms with E-state index in [0.29, 0.717) is 23.4 Å². The molecule has 126 valence electrons. The molecule has 0 radical (unpaired) electrons. The number of carbonyl (C=O) groups excluding carboxylic acids is 2. The summed E-state index contributed by atoms with van der Waals surface area (Å²) in [5.74, 6) is -0.444. The second-order valence-electron chi connectivity index (χ2n) is 5.20. The van der Waals surface area contributed by atoms with Gasteiger partial charge in [0.05, 0.1) is 5.69 Å². The number of amides is 2. The summed E-state index contributed by atoms with van der Waals surface area (Å²) >= 11 is 0. The SMILES string of the molecule is CCNC(=O)c1cccc(NC(=O)c2ccc(-n3cnnn3)cc2)c1. The molecule has 1 aromatic heterocycles. The zero-order chi connectivity index (χ0) is 17.6. The molecule has 0 unspecified atom stereocenters. The highest BCUT2D eigenvalue weighted by Gasteiger charge is 2.09. The fraction of sp³-hybridized carbons (Fsp3) is 0.118. The molecule has 2 N–H and O–H groups in total. The Morgan fingerprint density at radius 2 is 1.84 bits per heavy atom. The number of benzene rings is 2. The van der Waals surface area contributed by atoms with Crippen LogP contribution in [0.2, 0.25) is 0 Å².